The van der Waals surface area contributed by atoms with E-state index in [9.17, 15) is 4.79 Å². The highest BCUT2D eigenvalue weighted by molar-refractivity contribution is 5.93. The van der Waals surface area contributed by atoms with E-state index in [2.05, 4.69) is 25.9 Å². The molecule has 3 N–H and O–H groups in total. The van der Waals surface area contributed by atoms with Crippen LogP contribution in [0.2, 0.25) is 0 Å². The van der Waals surface area contributed by atoms with Crippen LogP contribution in [-0.4, -0.2) is 48.1 Å². The molecule has 0 atom stereocenters. The number of rotatable bonds is 10. The average molecular weight is 442 g/mol. The third-order valence-electron chi connectivity index (χ3n) is 5.09. The third-order valence-corrected chi connectivity index (χ3v) is 5.09. The Bertz CT molecular complexity index is 725. The van der Waals surface area contributed by atoms with Gasteiger partial charge in [-0.2, -0.15) is 0 Å². The fourth-order valence-electron chi connectivity index (χ4n) is 3.53. The van der Waals surface area contributed by atoms with Gasteiger partial charge in [-0.25, -0.2) is 4.98 Å². The second kappa shape index (κ2) is 14.5. The molecule has 1 amide bonds. The van der Waals surface area contributed by atoms with Crippen molar-refractivity contribution in [2.24, 2.45) is 0 Å². The molecule has 0 aliphatic heterocycles. The zero-order valence-electron chi connectivity index (χ0n) is 16.9. The number of fused-ring (bicyclic) bond motifs is 1. The van der Waals surface area contributed by atoms with E-state index in [4.69, 9.17) is 0 Å². The maximum Gasteiger partial charge on any atom is 0.271 e. The lowest BCUT2D eigenvalue weighted by atomic mass is 9.95. The average Bonchev–Trinajstić information content (AvgIpc) is 2.72. The number of benzene rings is 1. The molecule has 0 saturated heterocycles. The molecule has 3 rings (SSSR count). The summed E-state index contributed by atoms with van der Waals surface area (Å²) in [6, 6.07) is 8.30. The van der Waals surface area contributed by atoms with Crippen molar-refractivity contribution in [1.82, 2.24) is 25.9 Å². The summed E-state index contributed by atoms with van der Waals surface area (Å²) in [5.41, 5.74) is 1.93. The zero-order valence-corrected chi connectivity index (χ0v) is 18.5. The van der Waals surface area contributed by atoms with Crippen LogP contribution in [0.3, 0.4) is 0 Å². The Morgan fingerprint density at radius 2 is 1.66 bits per heavy atom. The van der Waals surface area contributed by atoms with Crippen LogP contribution in [0.25, 0.3) is 11.0 Å². The molecule has 0 unspecified atom stereocenters. The molecule has 1 saturated carbocycles. The van der Waals surface area contributed by atoms with Crippen LogP contribution < -0.4 is 16.0 Å². The molecule has 1 aliphatic carbocycles. The minimum absolute atomic E-state index is 0. The van der Waals surface area contributed by atoms with Gasteiger partial charge in [-0.05, 0) is 44.4 Å². The van der Waals surface area contributed by atoms with Crippen LogP contribution in [0.15, 0.2) is 30.5 Å². The van der Waals surface area contributed by atoms with Gasteiger partial charge >= 0.3 is 0 Å². The number of nitrogens with one attached hydrogen (secondary N) is 3. The molecular formula is C21H33Cl2N5O. The first-order valence-electron chi connectivity index (χ1n) is 10.3. The molecule has 2 aromatic rings. The topological polar surface area (TPSA) is 78.9 Å². The Balaban J connectivity index is 0.00000210. The monoisotopic (exact) mass is 441 g/mol. The summed E-state index contributed by atoms with van der Waals surface area (Å²) >= 11 is 0. The summed E-state index contributed by atoms with van der Waals surface area (Å²) in [6.07, 6.45) is 10.4. The summed E-state index contributed by atoms with van der Waals surface area (Å²) in [7, 11) is 0. The summed E-state index contributed by atoms with van der Waals surface area (Å²) < 4.78 is 0. The van der Waals surface area contributed by atoms with E-state index in [-0.39, 0.29) is 30.7 Å². The summed E-state index contributed by atoms with van der Waals surface area (Å²) in [5, 5.41) is 10.0. The number of carbonyl (C=O) groups excluding carboxylic acids is 1. The predicted molar refractivity (Wildman–Crippen MR) is 123 cm³/mol. The molecule has 8 heteroatoms. The van der Waals surface area contributed by atoms with E-state index in [1.54, 1.807) is 6.20 Å². The highest BCUT2D eigenvalue weighted by Crippen LogP contribution is 2.16. The van der Waals surface area contributed by atoms with Crippen molar-refractivity contribution in [2.45, 2.75) is 51.0 Å². The molecule has 29 heavy (non-hydrogen) atoms. The molecule has 1 aliphatic rings. The molecule has 1 fully saturated rings. The number of carbonyl (C=O) groups is 1. The Labute approximate surface area is 185 Å². The van der Waals surface area contributed by atoms with Crippen LogP contribution in [-0.2, 0) is 0 Å². The second-order valence-corrected chi connectivity index (χ2v) is 7.25. The van der Waals surface area contributed by atoms with Crippen molar-refractivity contribution >= 4 is 41.8 Å². The number of nitrogens with zero attached hydrogens (tertiary/aromatic N) is 2. The number of hydrogen-bond acceptors (Lipinski definition) is 5. The first kappa shape index (κ1) is 25.6. The third kappa shape index (κ3) is 8.83. The predicted octanol–water partition coefficient (Wildman–Crippen LogP) is 3.50. The Kier molecular flexibility index (Phi) is 12.8. The van der Waals surface area contributed by atoms with Crippen LogP contribution >= 0.6 is 24.8 Å². The van der Waals surface area contributed by atoms with Crippen LogP contribution in [0, 0.1) is 0 Å². The lowest BCUT2D eigenvalue weighted by Gasteiger charge is -2.22. The minimum Gasteiger partial charge on any atom is -0.351 e. The van der Waals surface area contributed by atoms with E-state index < -0.39 is 0 Å². The minimum atomic E-state index is -0.155. The highest BCUT2D eigenvalue weighted by atomic mass is 35.5. The van der Waals surface area contributed by atoms with Crippen molar-refractivity contribution in [3.63, 3.8) is 0 Å². The van der Waals surface area contributed by atoms with E-state index in [0.29, 0.717) is 12.2 Å². The van der Waals surface area contributed by atoms with Gasteiger partial charge in [-0.1, -0.05) is 31.4 Å². The van der Waals surface area contributed by atoms with Gasteiger partial charge < -0.3 is 16.0 Å². The first-order chi connectivity index (χ1) is 13.3. The van der Waals surface area contributed by atoms with Gasteiger partial charge in [-0.3, -0.25) is 9.78 Å². The van der Waals surface area contributed by atoms with Gasteiger partial charge in [0.05, 0.1) is 17.2 Å². The standard InChI is InChI=1S/C21H31N5O.2ClH/c27-21(20-16-25-18-10-4-5-11-19(18)26-20)24-13-7-6-12-22-14-15-23-17-8-2-1-3-9-17;;/h4-5,10-11,16-17,22-23H,1-3,6-9,12-15H2,(H,24,27);2*1H. The first-order valence-corrected chi connectivity index (χ1v) is 10.3. The van der Waals surface area contributed by atoms with Crippen LogP contribution in [0.5, 0.6) is 0 Å². The maximum absolute atomic E-state index is 12.2. The van der Waals surface area contributed by atoms with Crippen molar-refractivity contribution < 1.29 is 4.79 Å². The van der Waals surface area contributed by atoms with Gasteiger partial charge in [0.25, 0.3) is 5.91 Å². The molecule has 1 heterocycles. The normalized spacial score (nSPS) is 14.1. The molecule has 0 spiro atoms. The number of halogens is 2. The fourth-order valence-corrected chi connectivity index (χ4v) is 3.53. The molecule has 1 aromatic heterocycles. The zero-order chi connectivity index (χ0) is 18.7. The second-order valence-electron chi connectivity index (χ2n) is 7.25. The largest absolute Gasteiger partial charge is 0.351 e. The Hall–Kier alpha value is -1.47. The molecule has 6 nitrogen and oxygen atoms in total. The quantitative estimate of drug-likeness (QED) is 0.491. The van der Waals surface area contributed by atoms with Crippen LogP contribution in [0.1, 0.15) is 55.4 Å². The van der Waals surface area contributed by atoms with E-state index >= 15 is 0 Å². The van der Waals surface area contributed by atoms with Crippen LogP contribution in [0.4, 0.5) is 0 Å². The summed E-state index contributed by atoms with van der Waals surface area (Å²) in [4.78, 5) is 20.8. The lowest BCUT2D eigenvalue weighted by Crippen LogP contribution is -2.36. The highest BCUT2D eigenvalue weighted by Gasteiger charge is 2.11. The van der Waals surface area contributed by atoms with Gasteiger partial charge in [0.15, 0.2) is 0 Å². The van der Waals surface area contributed by atoms with Crippen molar-refractivity contribution in [3.05, 3.63) is 36.2 Å². The van der Waals surface area contributed by atoms with Crippen molar-refractivity contribution in [1.29, 1.82) is 0 Å². The summed E-state index contributed by atoms with van der Waals surface area (Å²) in [5.74, 6) is -0.155. The van der Waals surface area contributed by atoms with E-state index in [1.165, 1.54) is 32.1 Å². The Morgan fingerprint density at radius 3 is 2.45 bits per heavy atom. The van der Waals surface area contributed by atoms with Crippen molar-refractivity contribution in [3.8, 4) is 0 Å². The van der Waals surface area contributed by atoms with E-state index in [1.807, 2.05) is 24.3 Å². The van der Waals surface area contributed by atoms with Gasteiger partial charge in [0, 0.05) is 25.7 Å². The Morgan fingerprint density at radius 1 is 0.931 bits per heavy atom. The van der Waals surface area contributed by atoms with Crippen molar-refractivity contribution in [2.75, 3.05) is 26.2 Å². The smallest absolute Gasteiger partial charge is 0.271 e. The molecule has 162 valence electrons. The van der Waals surface area contributed by atoms with Gasteiger partial charge in [-0.15, -0.1) is 24.8 Å². The number of para-hydroxylation sites is 2. The number of hydrogen-bond donors (Lipinski definition) is 3. The fraction of sp³-hybridized carbons (Fsp3) is 0.571. The molecule has 0 bridgehead atoms. The molecule has 0 radical (unpaired) electrons. The SMILES string of the molecule is Cl.Cl.O=C(NCCCCNCCNC1CCCCC1)c1cnc2ccccc2n1. The number of amides is 1. The number of aromatic nitrogens is 2. The number of unbranched alkanes of at least 4 members (excludes halogenated alkanes) is 1. The van der Waals surface area contributed by atoms with E-state index in [0.717, 1.165) is 49.6 Å². The molecular weight excluding hydrogens is 409 g/mol. The maximum atomic E-state index is 12.2. The van der Waals surface area contributed by atoms with Gasteiger partial charge in [0.1, 0.15) is 5.69 Å². The lowest BCUT2D eigenvalue weighted by molar-refractivity contribution is 0.0948. The summed E-state index contributed by atoms with van der Waals surface area (Å²) in [6.45, 7) is 3.70. The molecule has 1 aromatic carbocycles. The van der Waals surface area contributed by atoms with Gasteiger partial charge in [0.2, 0.25) is 0 Å².